The molecule has 1 aromatic heterocycles. The highest BCUT2D eigenvalue weighted by Gasteiger charge is 2.25. The Labute approximate surface area is 169 Å². The molecule has 0 saturated carbocycles. The normalized spacial score (nSPS) is 13.2. The van der Waals surface area contributed by atoms with Crippen molar-refractivity contribution in [2.45, 2.75) is 26.7 Å². The summed E-state index contributed by atoms with van der Waals surface area (Å²) >= 11 is 0. The highest BCUT2D eigenvalue weighted by atomic mass is 16.5. The van der Waals surface area contributed by atoms with Crippen molar-refractivity contribution in [2.75, 3.05) is 24.7 Å². The molecule has 0 spiro atoms. The first-order valence-electron chi connectivity index (χ1n) is 9.80. The van der Waals surface area contributed by atoms with Gasteiger partial charge in [-0.2, -0.15) is 0 Å². The smallest absolute Gasteiger partial charge is 0.375 e. The lowest BCUT2D eigenvalue weighted by Gasteiger charge is -2.29. The molecule has 150 valence electrons. The number of furan rings is 1. The van der Waals surface area contributed by atoms with E-state index in [4.69, 9.17) is 13.9 Å². The summed E-state index contributed by atoms with van der Waals surface area (Å²) in [6.45, 7) is 4.55. The fraction of sp³-hybridized carbons (Fsp3) is 0.304. The van der Waals surface area contributed by atoms with Crippen LogP contribution in [0.15, 0.2) is 46.9 Å². The zero-order chi connectivity index (χ0) is 20.4. The first-order chi connectivity index (χ1) is 14.1. The van der Waals surface area contributed by atoms with Crippen molar-refractivity contribution >= 4 is 28.5 Å². The molecule has 0 N–H and O–H groups in total. The Morgan fingerprint density at radius 2 is 2.00 bits per heavy atom. The van der Waals surface area contributed by atoms with Crippen molar-refractivity contribution in [3.63, 3.8) is 0 Å². The lowest BCUT2D eigenvalue weighted by Crippen LogP contribution is -2.38. The van der Waals surface area contributed by atoms with Gasteiger partial charge in [-0.1, -0.05) is 18.2 Å². The predicted molar refractivity (Wildman–Crippen MR) is 110 cm³/mol. The molecule has 29 heavy (non-hydrogen) atoms. The molecule has 1 aliphatic heterocycles. The number of aryl methyl sites for hydroxylation is 2. The fourth-order valence-corrected chi connectivity index (χ4v) is 3.71. The number of hydrogen-bond acceptors (Lipinski definition) is 5. The predicted octanol–water partition coefficient (Wildman–Crippen LogP) is 4.28. The summed E-state index contributed by atoms with van der Waals surface area (Å²) in [6, 6.07) is 13.2. The van der Waals surface area contributed by atoms with Gasteiger partial charge in [-0.3, -0.25) is 4.79 Å². The quantitative estimate of drug-likeness (QED) is 0.605. The van der Waals surface area contributed by atoms with Crippen LogP contribution in [0.4, 0.5) is 5.69 Å². The molecule has 0 atom stereocenters. The molecule has 0 saturated heterocycles. The van der Waals surface area contributed by atoms with Gasteiger partial charge in [-0.05, 0) is 56.5 Å². The summed E-state index contributed by atoms with van der Waals surface area (Å²) in [6.07, 6.45) is 1.84. The van der Waals surface area contributed by atoms with Crippen LogP contribution in [0.25, 0.3) is 11.0 Å². The Morgan fingerprint density at radius 1 is 1.17 bits per heavy atom. The monoisotopic (exact) mass is 393 g/mol. The highest BCUT2D eigenvalue weighted by Crippen LogP contribution is 2.30. The number of carbonyl (C=O) groups is 2. The molecule has 2 aromatic carbocycles. The maximum Gasteiger partial charge on any atom is 0.375 e. The van der Waals surface area contributed by atoms with Crippen LogP contribution in [0, 0.1) is 6.92 Å². The van der Waals surface area contributed by atoms with Crippen LogP contribution in [0.2, 0.25) is 0 Å². The molecular formula is C23H23NO5. The zero-order valence-electron chi connectivity index (χ0n) is 16.6. The summed E-state index contributed by atoms with van der Waals surface area (Å²) in [5.74, 6) is -0.0588. The van der Waals surface area contributed by atoms with E-state index >= 15 is 0 Å². The molecule has 6 heteroatoms. The van der Waals surface area contributed by atoms with E-state index in [2.05, 4.69) is 0 Å². The summed E-state index contributed by atoms with van der Waals surface area (Å²) in [7, 11) is 0. The van der Waals surface area contributed by atoms with Crippen molar-refractivity contribution < 1.29 is 23.5 Å². The van der Waals surface area contributed by atoms with Gasteiger partial charge in [0.2, 0.25) is 5.76 Å². The largest absolute Gasteiger partial charge is 0.494 e. The van der Waals surface area contributed by atoms with Crippen LogP contribution in [0.3, 0.4) is 0 Å². The summed E-state index contributed by atoms with van der Waals surface area (Å²) in [4.78, 5) is 26.9. The summed E-state index contributed by atoms with van der Waals surface area (Å²) < 4.78 is 16.5. The standard InChI is InChI=1S/C23H23NO5/c1-3-27-17-10-11-20-18(13-17)15(2)22(29-20)23(26)28-14-21(25)24-12-6-8-16-7-4-5-9-19(16)24/h4-5,7,9-11,13H,3,6,8,12,14H2,1-2H3. The lowest BCUT2D eigenvalue weighted by atomic mass is 10.0. The molecule has 2 heterocycles. The second-order valence-corrected chi connectivity index (χ2v) is 7.00. The first-order valence-corrected chi connectivity index (χ1v) is 9.80. The van der Waals surface area contributed by atoms with E-state index in [0.29, 0.717) is 30.0 Å². The van der Waals surface area contributed by atoms with Crippen molar-refractivity contribution in [1.82, 2.24) is 0 Å². The van der Waals surface area contributed by atoms with Gasteiger partial charge in [0.1, 0.15) is 11.3 Å². The maximum absolute atomic E-state index is 12.7. The Balaban J connectivity index is 1.48. The van der Waals surface area contributed by atoms with E-state index in [1.165, 1.54) is 0 Å². The second-order valence-electron chi connectivity index (χ2n) is 7.00. The van der Waals surface area contributed by atoms with E-state index in [1.807, 2.05) is 37.3 Å². The van der Waals surface area contributed by atoms with Gasteiger partial charge in [0, 0.05) is 23.2 Å². The first kappa shape index (κ1) is 19.1. The van der Waals surface area contributed by atoms with Crippen molar-refractivity contribution in [2.24, 2.45) is 0 Å². The Morgan fingerprint density at radius 3 is 2.83 bits per heavy atom. The number of benzene rings is 2. The van der Waals surface area contributed by atoms with E-state index in [1.54, 1.807) is 24.0 Å². The molecule has 0 radical (unpaired) electrons. The Kier molecular flexibility index (Phi) is 5.25. The number of hydrogen-bond donors (Lipinski definition) is 0. The molecule has 6 nitrogen and oxygen atoms in total. The average Bonchev–Trinajstić information content (AvgIpc) is 3.08. The van der Waals surface area contributed by atoms with Gasteiger partial charge < -0.3 is 18.8 Å². The number of amides is 1. The molecule has 0 bridgehead atoms. The lowest BCUT2D eigenvalue weighted by molar-refractivity contribution is -0.121. The number of nitrogens with zero attached hydrogens (tertiary/aromatic N) is 1. The number of ether oxygens (including phenoxy) is 2. The van der Waals surface area contributed by atoms with Crippen molar-refractivity contribution in [1.29, 1.82) is 0 Å². The SMILES string of the molecule is CCOc1ccc2oc(C(=O)OCC(=O)N3CCCc4ccccc43)c(C)c2c1. The minimum absolute atomic E-state index is 0.112. The maximum atomic E-state index is 12.7. The summed E-state index contributed by atoms with van der Waals surface area (Å²) in [5, 5.41) is 0.791. The van der Waals surface area contributed by atoms with Crippen molar-refractivity contribution in [3.05, 3.63) is 59.4 Å². The Bertz CT molecular complexity index is 1070. The van der Waals surface area contributed by atoms with Crippen LogP contribution in [-0.2, 0) is 16.0 Å². The Hall–Kier alpha value is -3.28. The number of rotatable bonds is 5. The van der Waals surface area contributed by atoms with Crippen LogP contribution in [0.1, 0.15) is 35.0 Å². The van der Waals surface area contributed by atoms with E-state index in [0.717, 1.165) is 29.5 Å². The van der Waals surface area contributed by atoms with E-state index in [-0.39, 0.29) is 18.3 Å². The van der Waals surface area contributed by atoms with Crippen molar-refractivity contribution in [3.8, 4) is 5.75 Å². The fourth-order valence-electron chi connectivity index (χ4n) is 3.71. The number of fused-ring (bicyclic) bond motifs is 2. The molecule has 1 aliphatic rings. The van der Waals surface area contributed by atoms with E-state index < -0.39 is 5.97 Å². The highest BCUT2D eigenvalue weighted by molar-refractivity contribution is 5.99. The molecule has 4 rings (SSSR count). The van der Waals surface area contributed by atoms with Crippen LogP contribution in [0.5, 0.6) is 5.75 Å². The number of carbonyl (C=O) groups excluding carboxylic acids is 2. The minimum Gasteiger partial charge on any atom is -0.494 e. The molecule has 1 amide bonds. The van der Waals surface area contributed by atoms with Gasteiger partial charge in [0.15, 0.2) is 6.61 Å². The average molecular weight is 393 g/mol. The second kappa shape index (κ2) is 7.99. The third-order valence-corrected chi connectivity index (χ3v) is 5.14. The molecule has 0 aliphatic carbocycles. The van der Waals surface area contributed by atoms with Gasteiger partial charge in [0.05, 0.1) is 6.61 Å². The molecular weight excluding hydrogens is 370 g/mol. The number of anilines is 1. The van der Waals surface area contributed by atoms with Gasteiger partial charge in [0.25, 0.3) is 5.91 Å². The third kappa shape index (κ3) is 3.70. The third-order valence-electron chi connectivity index (χ3n) is 5.14. The van der Waals surface area contributed by atoms with Crippen LogP contribution >= 0.6 is 0 Å². The molecule has 0 fully saturated rings. The van der Waals surface area contributed by atoms with Gasteiger partial charge in [-0.15, -0.1) is 0 Å². The number of para-hydroxylation sites is 1. The molecule has 0 unspecified atom stereocenters. The van der Waals surface area contributed by atoms with Gasteiger partial charge >= 0.3 is 5.97 Å². The van der Waals surface area contributed by atoms with Crippen LogP contribution < -0.4 is 9.64 Å². The minimum atomic E-state index is -0.643. The zero-order valence-corrected chi connectivity index (χ0v) is 16.6. The van der Waals surface area contributed by atoms with E-state index in [9.17, 15) is 9.59 Å². The van der Waals surface area contributed by atoms with Crippen LogP contribution in [-0.4, -0.2) is 31.6 Å². The number of esters is 1. The molecule has 3 aromatic rings. The summed E-state index contributed by atoms with van der Waals surface area (Å²) in [5.41, 5.74) is 3.27. The van der Waals surface area contributed by atoms with Gasteiger partial charge in [-0.25, -0.2) is 4.79 Å². The topological polar surface area (TPSA) is 69.0 Å².